The number of rotatable bonds is 1. The standard InChI is InChI=1S/C26H31FO2/c1-25-10-8-20(28)15-18(25)6-7-21-22(25)9-11-26(2)23(21)14-17(24(26)29)12-16-4-3-5-19(27)13-16/h3-6,12-13,20-23,28H,7-11,14-15H2,1-2H3/b17-12+/t20-,21+,22-,23-,25+,26-/m1/s1. The summed E-state index contributed by atoms with van der Waals surface area (Å²) < 4.78 is 13.6. The second kappa shape index (κ2) is 6.63. The number of aliphatic hydroxyl groups is 1. The molecule has 29 heavy (non-hydrogen) atoms. The van der Waals surface area contributed by atoms with Crippen molar-refractivity contribution in [2.45, 2.75) is 64.9 Å². The zero-order valence-corrected chi connectivity index (χ0v) is 17.5. The van der Waals surface area contributed by atoms with Crippen LogP contribution >= 0.6 is 0 Å². The SMILES string of the molecule is C[C@@]12CC[C@@H]3[C@H](CC=C4C[C@H](O)CC[C@@]43C)[C@H]1C/C(=C\c1cccc(F)c1)C2=O. The van der Waals surface area contributed by atoms with E-state index in [4.69, 9.17) is 0 Å². The maximum Gasteiger partial charge on any atom is 0.165 e. The molecule has 1 N–H and O–H groups in total. The molecule has 4 aliphatic rings. The molecule has 0 heterocycles. The van der Waals surface area contributed by atoms with Crippen LogP contribution < -0.4 is 0 Å². The smallest absolute Gasteiger partial charge is 0.165 e. The molecule has 5 rings (SSSR count). The molecular formula is C26H31FO2. The molecule has 6 atom stereocenters. The molecule has 1 aromatic rings. The van der Waals surface area contributed by atoms with Crippen LogP contribution in [0.25, 0.3) is 6.08 Å². The van der Waals surface area contributed by atoms with E-state index in [1.807, 2.05) is 12.1 Å². The van der Waals surface area contributed by atoms with Crippen LogP contribution in [0.3, 0.4) is 0 Å². The molecule has 0 bridgehead atoms. The van der Waals surface area contributed by atoms with Gasteiger partial charge in [-0.05, 0) is 97.5 Å². The minimum Gasteiger partial charge on any atom is -0.393 e. The number of carbonyl (C=O) groups excluding carboxylic acids is 1. The van der Waals surface area contributed by atoms with Gasteiger partial charge in [-0.25, -0.2) is 4.39 Å². The fourth-order valence-corrected chi connectivity index (χ4v) is 7.24. The maximum absolute atomic E-state index is 13.6. The Morgan fingerprint density at radius 2 is 1.90 bits per heavy atom. The van der Waals surface area contributed by atoms with E-state index in [2.05, 4.69) is 19.9 Å². The van der Waals surface area contributed by atoms with Crippen LogP contribution in [0.5, 0.6) is 0 Å². The highest BCUT2D eigenvalue weighted by Gasteiger charge is 2.59. The van der Waals surface area contributed by atoms with E-state index in [1.165, 1.54) is 17.7 Å². The molecule has 0 amide bonds. The molecule has 154 valence electrons. The lowest BCUT2D eigenvalue weighted by atomic mass is 9.48. The molecule has 0 aromatic heterocycles. The average molecular weight is 395 g/mol. The summed E-state index contributed by atoms with van der Waals surface area (Å²) in [4.78, 5) is 13.4. The number of hydrogen-bond donors (Lipinski definition) is 1. The maximum atomic E-state index is 13.6. The third kappa shape index (κ3) is 2.88. The van der Waals surface area contributed by atoms with Gasteiger partial charge in [0.1, 0.15) is 5.82 Å². The van der Waals surface area contributed by atoms with Gasteiger partial charge in [0.25, 0.3) is 0 Å². The number of benzene rings is 1. The Labute approximate surface area is 172 Å². The Bertz CT molecular complexity index is 915. The molecule has 0 aliphatic heterocycles. The van der Waals surface area contributed by atoms with Crippen molar-refractivity contribution in [3.63, 3.8) is 0 Å². The predicted molar refractivity (Wildman–Crippen MR) is 112 cm³/mol. The fraction of sp³-hybridized carbons (Fsp3) is 0.577. The summed E-state index contributed by atoms with van der Waals surface area (Å²) in [6.07, 6.45) is 10.8. The predicted octanol–water partition coefficient (Wildman–Crippen LogP) is 5.71. The molecule has 1 aromatic carbocycles. The molecule has 0 unspecified atom stereocenters. The molecular weight excluding hydrogens is 363 g/mol. The highest BCUT2D eigenvalue weighted by molar-refractivity contribution is 6.05. The monoisotopic (exact) mass is 394 g/mol. The van der Waals surface area contributed by atoms with Gasteiger partial charge in [0.15, 0.2) is 5.78 Å². The van der Waals surface area contributed by atoms with Crippen molar-refractivity contribution in [2.24, 2.45) is 28.6 Å². The van der Waals surface area contributed by atoms with Crippen LogP contribution in [0.4, 0.5) is 4.39 Å². The van der Waals surface area contributed by atoms with Crippen LogP contribution in [0.1, 0.15) is 64.4 Å². The van der Waals surface area contributed by atoms with Crippen molar-refractivity contribution in [2.75, 3.05) is 0 Å². The van der Waals surface area contributed by atoms with Crippen molar-refractivity contribution in [1.82, 2.24) is 0 Å². The van der Waals surface area contributed by atoms with Crippen molar-refractivity contribution in [3.8, 4) is 0 Å². The summed E-state index contributed by atoms with van der Waals surface area (Å²) in [5, 5.41) is 10.2. The molecule has 2 nitrogen and oxygen atoms in total. The minimum absolute atomic E-state index is 0.182. The number of aliphatic hydroxyl groups excluding tert-OH is 1. The average Bonchev–Trinajstić information content (AvgIpc) is 2.93. The third-order valence-corrected chi connectivity index (χ3v) is 8.91. The van der Waals surface area contributed by atoms with Crippen molar-refractivity contribution < 1.29 is 14.3 Å². The minimum atomic E-state index is -0.282. The lowest BCUT2D eigenvalue weighted by molar-refractivity contribution is -0.130. The van der Waals surface area contributed by atoms with Gasteiger partial charge in [0, 0.05) is 5.41 Å². The second-order valence-electron chi connectivity index (χ2n) is 10.4. The normalized spacial score (nSPS) is 42.8. The number of halogens is 1. The number of fused-ring (bicyclic) bond motifs is 5. The topological polar surface area (TPSA) is 37.3 Å². The Morgan fingerprint density at radius 3 is 2.69 bits per heavy atom. The quantitative estimate of drug-likeness (QED) is 0.489. The van der Waals surface area contributed by atoms with Gasteiger partial charge in [-0.2, -0.15) is 0 Å². The van der Waals surface area contributed by atoms with Crippen LogP contribution in [0.15, 0.2) is 41.5 Å². The van der Waals surface area contributed by atoms with Crippen LogP contribution in [0, 0.1) is 34.4 Å². The van der Waals surface area contributed by atoms with Crippen LogP contribution in [-0.2, 0) is 4.79 Å². The van der Waals surface area contributed by atoms with E-state index >= 15 is 0 Å². The summed E-state index contributed by atoms with van der Waals surface area (Å²) >= 11 is 0. The van der Waals surface area contributed by atoms with E-state index in [9.17, 15) is 14.3 Å². The zero-order chi connectivity index (χ0) is 20.4. The lowest BCUT2D eigenvalue weighted by Gasteiger charge is -2.56. The van der Waals surface area contributed by atoms with E-state index in [-0.39, 0.29) is 28.5 Å². The number of ketones is 1. The fourth-order valence-electron chi connectivity index (χ4n) is 7.24. The van der Waals surface area contributed by atoms with Crippen LogP contribution in [-0.4, -0.2) is 17.0 Å². The number of carbonyl (C=O) groups is 1. The second-order valence-corrected chi connectivity index (χ2v) is 10.4. The summed E-state index contributed by atoms with van der Waals surface area (Å²) in [6.45, 7) is 4.58. The van der Waals surface area contributed by atoms with Gasteiger partial charge in [-0.1, -0.05) is 37.6 Å². The molecule has 0 radical (unpaired) electrons. The Morgan fingerprint density at radius 1 is 1.10 bits per heavy atom. The highest BCUT2D eigenvalue weighted by Crippen LogP contribution is 2.64. The largest absolute Gasteiger partial charge is 0.393 e. The Balaban J connectivity index is 1.48. The van der Waals surface area contributed by atoms with Gasteiger partial charge in [0.2, 0.25) is 0 Å². The van der Waals surface area contributed by atoms with E-state index in [0.29, 0.717) is 17.8 Å². The number of hydrogen-bond acceptors (Lipinski definition) is 2. The van der Waals surface area contributed by atoms with Gasteiger partial charge in [-0.15, -0.1) is 0 Å². The summed E-state index contributed by atoms with van der Waals surface area (Å²) in [5.41, 5.74) is 3.02. The molecule has 4 aliphatic carbocycles. The van der Waals surface area contributed by atoms with E-state index < -0.39 is 0 Å². The first-order valence-electron chi connectivity index (χ1n) is 11.2. The zero-order valence-electron chi connectivity index (χ0n) is 17.5. The van der Waals surface area contributed by atoms with Gasteiger partial charge in [0.05, 0.1) is 6.10 Å². The summed E-state index contributed by atoms with van der Waals surface area (Å²) in [7, 11) is 0. The van der Waals surface area contributed by atoms with Crippen molar-refractivity contribution in [1.29, 1.82) is 0 Å². The van der Waals surface area contributed by atoms with Gasteiger partial charge < -0.3 is 5.11 Å². The lowest BCUT2D eigenvalue weighted by Crippen LogP contribution is -2.50. The van der Waals surface area contributed by atoms with Gasteiger partial charge in [-0.3, -0.25) is 4.79 Å². The number of allylic oxidation sites excluding steroid dienone is 2. The molecule has 0 spiro atoms. The van der Waals surface area contributed by atoms with Crippen LogP contribution in [0.2, 0.25) is 0 Å². The van der Waals surface area contributed by atoms with Gasteiger partial charge >= 0.3 is 0 Å². The van der Waals surface area contributed by atoms with Crippen molar-refractivity contribution >= 4 is 11.9 Å². The first kappa shape index (κ1) is 19.2. The third-order valence-electron chi connectivity index (χ3n) is 8.91. The molecule has 3 fully saturated rings. The van der Waals surface area contributed by atoms with Crippen molar-refractivity contribution in [3.05, 3.63) is 52.9 Å². The first-order chi connectivity index (χ1) is 13.8. The molecule has 3 saturated carbocycles. The Kier molecular flexibility index (Phi) is 4.40. The molecule has 0 saturated heterocycles. The van der Waals surface area contributed by atoms with E-state index in [0.717, 1.165) is 56.1 Å². The summed E-state index contributed by atoms with van der Waals surface area (Å²) in [6, 6.07) is 6.54. The molecule has 3 heteroatoms. The Hall–Kier alpha value is -1.74. The van der Waals surface area contributed by atoms with E-state index in [1.54, 1.807) is 6.07 Å². The summed E-state index contributed by atoms with van der Waals surface area (Å²) in [5.74, 6) is 1.53. The first-order valence-corrected chi connectivity index (χ1v) is 11.2. The number of Topliss-reactive ketones (excluding diaryl/α,β-unsaturated/α-hetero) is 1. The highest BCUT2D eigenvalue weighted by atomic mass is 19.1.